The maximum absolute atomic E-state index is 14.2. The molecule has 1 aliphatic heterocycles. The van der Waals surface area contributed by atoms with Crippen LogP contribution in [-0.4, -0.2) is 54.1 Å². The van der Waals surface area contributed by atoms with Crippen LogP contribution in [0.25, 0.3) is 0 Å². The topological polar surface area (TPSA) is 41.6 Å². The molecule has 0 spiro atoms. The van der Waals surface area contributed by atoms with Gasteiger partial charge in [0, 0.05) is 25.0 Å². The van der Waals surface area contributed by atoms with Crippen LogP contribution in [-0.2, 0) is 4.74 Å². The number of amides is 1. The molecule has 1 amide bonds. The van der Waals surface area contributed by atoms with E-state index in [0.717, 1.165) is 0 Å². The Bertz CT molecular complexity index is 517. The van der Waals surface area contributed by atoms with Crippen molar-refractivity contribution in [3.05, 3.63) is 0 Å². The summed E-state index contributed by atoms with van der Waals surface area (Å²) in [5.41, 5.74) is -5.00. The summed E-state index contributed by atoms with van der Waals surface area (Å²) in [6, 6.07) is 0. The van der Waals surface area contributed by atoms with E-state index in [1.54, 1.807) is 11.9 Å². The van der Waals surface area contributed by atoms with E-state index in [1.165, 1.54) is 0 Å². The second-order valence-electron chi connectivity index (χ2n) is 7.41. The highest BCUT2D eigenvalue weighted by molar-refractivity contribution is 5.71. The smallest absolute Gasteiger partial charge is 0.408 e. The van der Waals surface area contributed by atoms with Crippen molar-refractivity contribution in [3.63, 3.8) is 0 Å². The van der Waals surface area contributed by atoms with Gasteiger partial charge < -0.3 is 10.1 Å². The number of nitrogens with zero attached hydrogens (tertiary/aromatic N) is 1. The lowest BCUT2D eigenvalue weighted by atomic mass is 9.39. The third-order valence-electron chi connectivity index (χ3n) is 5.59. The number of hydrogen-bond acceptors (Lipinski definition) is 3. The van der Waals surface area contributed by atoms with Crippen LogP contribution in [0.15, 0.2) is 0 Å². The number of likely N-dealkylation sites (tertiary alicyclic amines) is 1. The van der Waals surface area contributed by atoms with Crippen molar-refractivity contribution in [1.29, 1.82) is 0 Å². The Morgan fingerprint density at radius 3 is 2.29 bits per heavy atom. The maximum Gasteiger partial charge on any atom is 0.408 e. The highest BCUT2D eigenvalue weighted by Gasteiger charge is 2.80. The van der Waals surface area contributed by atoms with Crippen LogP contribution in [0.1, 0.15) is 25.7 Å². The number of halogens is 4. The predicted molar refractivity (Wildman–Crippen MR) is 63.4 cm³/mol. The Morgan fingerprint density at radius 2 is 1.81 bits per heavy atom. The van der Waals surface area contributed by atoms with Gasteiger partial charge in [0.1, 0.15) is 0 Å². The molecule has 2 bridgehead atoms. The summed E-state index contributed by atoms with van der Waals surface area (Å²) in [6.45, 7) is 0.555. The maximum atomic E-state index is 14.2. The number of hydrogen-bond donors (Lipinski definition) is 1. The van der Waals surface area contributed by atoms with Gasteiger partial charge in [-0.25, -0.2) is 9.18 Å². The largest absolute Gasteiger partial charge is 0.438 e. The molecule has 8 heteroatoms. The van der Waals surface area contributed by atoms with Gasteiger partial charge in [0.2, 0.25) is 0 Å². The number of alkyl halides is 4. The average Bonchev–Trinajstić information content (AvgIpc) is 2.61. The number of carbonyl (C=O) groups is 1. The SMILES string of the molecule is CN1CC2(F)CC2(OC(=O)NC23CC(C(F)(F)F)(C2)C3)C1. The Labute approximate surface area is 118 Å². The molecule has 0 radical (unpaired) electrons. The first-order valence-corrected chi connectivity index (χ1v) is 6.98. The van der Waals surface area contributed by atoms with Gasteiger partial charge in [0.25, 0.3) is 0 Å². The molecular formula is C13H16F4N2O2. The number of ether oxygens (including phenoxy) is 1. The summed E-state index contributed by atoms with van der Waals surface area (Å²) in [6.07, 6.45) is -5.10. The highest BCUT2D eigenvalue weighted by atomic mass is 19.4. The Balaban J connectivity index is 1.34. The highest BCUT2D eigenvalue weighted by Crippen LogP contribution is 2.73. The molecule has 5 fully saturated rings. The molecule has 4 saturated carbocycles. The lowest BCUT2D eigenvalue weighted by molar-refractivity contribution is -0.337. The van der Waals surface area contributed by atoms with Gasteiger partial charge in [-0.2, -0.15) is 13.2 Å². The fraction of sp³-hybridized carbons (Fsp3) is 0.923. The van der Waals surface area contributed by atoms with Gasteiger partial charge in [-0.15, -0.1) is 0 Å². The number of likely N-dealkylation sites (N-methyl/N-ethyl adjacent to an activating group) is 1. The molecule has 2 unspecified atom stereocenters. The molecule has 5 rings (SSSR count). The number of carbonyl (C=O) groups excluding carboxylic acids is 1. The molecule has 1 saturated heterocycles. The van der Waals surface area contributed by atoms with Gasteiger partial charge in [0.15, 0.2) is 11.3 Å². The third-order valence-corrected chi connectivity index (χ3v) is 5.59. The van der Waals surface area contributed by atoms with Gasteiger partial charge in [-0.3, -0.25) is 4.90 Å². The normalized spacial score (nSPS) is 50.7. The van der Waals surface area contributed by atoms with E-state index in [9.17, 15) is 22.4 Å². The van der Waals surface area contributed by atoms with E-state index < -0.39 is 34.5 Å². The van der Waals surface area contributed by atoms with E-state index in [1.807, 2.05) is 0 Å². The minimum Gasteiger partial charge on any atom is -0.438 e. The van der Waals surface area contributed by atoms with Crippen molar-refractivity contribution in [2.45, 2.75) is 48.7 Å². The molecule has 0 aromatic carbocycles. The predicted octanol–water partition coefficient (Wildman–Crippen LogP) is 1.99. The lowest BCUT2D eigenvalue weighted by Gasteiger charge is -2.70. The zero-order valence-corrected chi connectivity index (χ0v) is 11.5. The van der Waals surface area contributed by atoms with E-state index in [2.05, 4.69) is 5.32 Å². The van der Waals surface area contributed by atoms with Crippen LogP contribution < -0.4 is 5.32 Å². The molecule has 1 N–H and O–H groups in total. The van der Waals surface area contributed by atoms with Crippen molar-refractivity contribution >= 4 is 6.09 Å². The molecule has 118 valence electrons. The average molecular weight is 308 g/mol. The van der Waals surface area contributed by atoms with Gasteiger partial charge in [-0.1, -0.05) is 0 Å². The molecule has 4 nitrogen and oxygen atoms in total. The Morgan fingerprint density at radius 1 is 1.19 bits per heavy atom. The third kappa shape index (κ3) is 1.57. The number of piperidine rings is 1. The summed E-state index contributed by atoms with van der Waals surface area (Å²) >= 11 is 0. The van der Waals surface area contributed by atoms with E-state index in [0.29, 0.717) is 6.54 Å². The summed E-state index contributed by atoms with van der Waals surface area (Å²) in [5.74, 6) is 0. The van der Waals surface area contributed by atoms with Crippen LogP contribution in [0.2, 0.25) is 0 Å². The first-order valence-electron chi connectivity index (χ1n) is 6.98. The van der Waals surface area contributed by atoms with Crippen molar-refractivity contribution in [3.8, 4) is 0 Å². The molecule has 1 heterocycles. The quantitative estimate of drug-likeness (QED) is 0.793. The van der Waals surface area contributed by atoms with Gasteiger partial charge in [0.05, 0.1) is 5.41 Å². The van der Waals surface area contributed by atoms with Crippen LogP contribution >= 0.6 is 0 Å². The zero-order chi connectivity index (χ0) is 15.3. The fourth-order valence-electron chi connectivity index (χ4n) is 4.53. The number of nitrogens with one attached hydrogen (secondary N) is 1. The number of rotatable bonds is 2. The molecule has 4 aliphatic carbocycles. The molecular weight excluding hydrogens is 292 g/mol. The molecule has 2 atom stereocenters. The molecule has 0 aromatic rings. The molecule has 5 aliphatic rings. The van der Waals surface area contributed by atoms with Gasteiger partial charge >= 0.3 is 12.3 Å². The minimum absolute atomic E-state index is 0.0910. The Kier molecular flexibility index (Phi) is 2.14. The first-order chi connectivity index (χ1) is 9.53. The first kappa shape index (κ1) is 13.6. The summed E-state index contributed by atoms with van der Waals surface area (Å²) < 4.78 is 57.6. The standard InChI is InChI=1S/C13H16F4N2O2/c1-19-6-11(14)5-12(11,7-19)21-8(20)18-10-2-9(3-10,4-10)13(15,16)17/h2-7H2,1H3,(H,18,20). The number of fused-ring (bicyclic) bond motifs is 1. The van der Waals surface area contributed by atoms with E-state index in [4.69, 9.17) is 4.74 Å². The second kappa shape index (κ2) is 3.31. The van der Waals surface area contributed by atoms with Gasteiger partial charge in [-0.05, 0) is 26.3 Å². The van der Waals surface area contributed by atoms with Crippen LogP contribution in [0, 0.1) is 5.41 Å². The monoisotopic (exact) mass is 308 g/mol. The fourth-order valence-corrected chi connectivity index (χ4v) is 4.53. The lowest BCUT2D eigenvalue weighted by Crippen LogP contribution is -2.78. The zero-order valence-electron chi connectivity index (χ0n) is 11.5. The minimum atomic E-state index is -4.21. The van der Waals surface area contributed by atoms with Crippen molar-refractivity contribution in [2.24, 2.45) is 5.41 Å². The van der Waals surface area contributed by atoms with E-state index >= 15 is 0 Å². The summed E-state index contributed by atoms with van der Waals surface area (Å²) in [7, 11) is 1.74. The summed E-state index contributed by atoms with van der Waals surface area (Å²) in [4.78, 5) is 13.6. The molecule has 21 heavy (non-hydrogen) atoms. The van der Waals surface area contributed by atoms with Crippen LogP contribution in [0.5, 0.6) is 0 Å². The Hall–Kier alpha value is -1.05. The second-order valence-corrected chi connectivity index (χ2v) is 7.41. The molecule has 0 aromatic heterocycles. The summed E-state index contributed by atoms with van der Waals surface area (Å²) in [5, 5.41) is 2.52. The number of alkyl carbamates (subject to hydrolysis) is 1. The van der Waals surface area contributed by atoms with Crippen molar-refractivity contribution < 1.29 is 27.1 Å². The van der Waals surface area contributed by atoms with Crippen LogP contribution in [0.4, 0.5) is 22.4 Å². The van der Waals surface area contributed by atoms with Crippen molar-refractivity contribution in [2.75, 3.05) is 20.1 Å². The van der Waals surface area contributed by atoms with E-state index in [-0.39, 0.29) is 32.2 Å². The van der Waals surface area contributed by atoms with Crippen molar-refractivity contribution in [1.82, 2.24) is 10.2 Å². The van der Waals surface area contributed by atoms with Crippen LogP contribution in [0.3, 0.4) is 0 Å².